The van der Waals surface area contributed by atoms with E-state index in [0.29, 0.717) is 143 Å². The molecule has 26 N–H and O–H groups in total. The average molecular weight is 1780 g/mol. The van der Waals surface area contributed by atoms with E-state index in [2.05, 4.69) is 68.1 Å². The van der Waals surface area contributed by atoms with Gasteiger partial charge in [0.05, 0.1) is 138 Å². The molecule has 2 aliphatic rings. The summed E-state index contributed by atoms with van der Waals surface area (Å²) in [6.07, 6.45) is 2.13. The Morgan fingerprint density at radius 1 is 0.468 bits per heavy atom. The van der Waals surface area contributed by atoms with Gasteiger partial charge in [0.2, 0.25) is 65.0 Å². The zero-order valence-electron chi connectivity index (χ0n) is 73.1. The fourth-order valence-electron chi connectivity index (χ4n) is 13.4. The second-order valence-corrected chi connectivity index (χ2v) is 30.0. The van der Waals surface area contributed by atoms with Crippen molar-refractivity contribution < 1.29 is 95.7 Å². The Labute approximate surface area is 736 Å². The Balaban J connectivity index is 1.14. The molecule has 3 aromatic rings. The highest BCUT2D eigenvalue weighted by Gasteiger charge is 2.39. The van der Waals surface area contributed by atoms with Gasteiger partial charge in [-0.15, -0.1) is 0 Å². The van der Waals surface area contributed by atoms with Crippen LogP contribution in [-0.4, -0.2) is 404 Å². The summed E-state index contributed by atoms with van der Waals surface area (Å²) in [5.74, 6) is -6.26. The highest BCUT2D eigenvalue weighted by atomic mass is 16.5. The van der Waals surface area contributed by atoms with Gasteiger partial charge in [-0.25, -0.2) is 0 Å². The Morgan fingerprint density at radius 2 is 0.865 bits per heavy atom. The Morgan fingerprint density at radius 3 is 1.29 bits per heavy atom. The van der Waals surface area contributed by atoms with E-state index in [1.54, 1.807) is 23.2 Å². The zero-order valence-corrected chi connectivity index (χ0v) is 73.1. The molecule has 1 aromatic heterocycles. The fraction of sp³-hybridized carbons (Fsp3) is 0.667. The normalized spacial score (nSPS) is 15.9. The number of nitrogens with zero attached hydrogens (tertiary/aromatic N) is 7. The quantitative estimate of drug-likeness (QED) is 0.0142. The van der Waals surface area contributed by atoms with E-state index in [1.165, 1.54) is 19.1 Å². The third kappa shape index (κ3) is 46.4. The fourth-order valence-corrected chi connectivity index (χ4v) is 13.4. The molecule has 1 unspecified atom stereocenters. The Kier molecular flexibility index (Phi) is 53.8. The maximum Gasteiger partial charge on any atom is 0.245 e. The summed E-state index contributed by atoms with van der Waals surface area (Å²) in [6, 6.07) is 6.84. The van der Waals surface area contributed by atoms with E-state index in [4.69, 9.17) is 78.0 Å². The number of aromatic nitrogens is 1. The highest BCUT2D eigenvalue weighted by molar-refractivity contribution is 5.97. The van der Waals surface area contributed by atoms with Gasteiger partial charge < -0.3 is 146 Å². The molecule has 0 aliphatic carbocycles. The van der Waals surface area contributed by atoms with Crippen LogP contribution in [0.4, 0.5) is 0 Å². The lowest BCUT2D eigenvalue weighted by Crippen LogP contribution is -2.58. The van der Waals surface area contributed by atoms with Crippen molar-refractivity contribution in [2.45, 2.75) is 95.0 Å². The van der Waals surface area contributed by atoms with Crippen molar-refractivity contribution in [3.63, 3.8) is 0 Å². The molecule has 45 heteroatoms. The number of hydrogen-bond donors (Lipinski definition) is 19. The number of amides is 11. The topological polar surface area (TPSA) is 641 Å². The predicted octanol–water partition coefficient (Wildman–Crippen LogP) is -8.36. The summed E-state index contributed by atoms with van der Waals surface area (Å²) in [4.78, 5) is 172. The molecule has 0 saturated carbocycles. The maximum absolute atomic E-state index is 14.5. The molecule has 708 valence electrons. The van der Waals surface area contributed by atoms with Crippen LogP contribution < -0.4 is 93.3 Å². The lowest BCUT2D eigenvalue weighted by molar-refractivity contribution is -0.135. The van der Waals surface area contributed by atoms with Crippen molar-refractivity contribution in [3.05, 3.63) is 65.9 Å². The molecule has 0 bridgehead atoms. The van der Waals surface area contributed by atoms with Crippen LogP contribution in [0.2, 0.25) is 0 Å². The molecule has 0 radical (unpaired) electrons. The van der Waals surface area contributed by atoms with Gasteiger partial charge in [0.25, 0.3) is 0 Å². The summed E-state index contributed by atoms with van der Waals surface area (Å²) in [6.45, 7) is 12.6. The number of nitrogens with one attached hydrogen (secondary N) is 11. The molecule has 0 spiro atoms. The Hall–Kier alpha value is -10.1. The van der Waals surface area contributed by atoms with Crippen LogP contribution >= 0.6 is 0 Å². The van der Waals surface area contributed by atoms with Gasteiger partial charge in [0.15, 0.2) is 11.9 Å². The number of likely N-dealkylation sites (tertiary alicyclic amines) is 1. The predicted molar refractivity (Wildman–Crippen MR) is 469 cm³/mol. The summed E-state index contributed by atoms with van der Waals surface area (Å²) in [5, 5.41) is 38.7. The molecule has 45 nitrogen and oxygen atoms in total. The first-order valence-electron chi connectivity index (χ1n) is 43.0. The Bertz CT molecular complexity index is 3720. The minimum Gasteiger partial charge on any atom is -0.508 e. The minimum absolute atomic E-state index is 0.00482. The van der Waals surface area contributed by atoms with Gasteiger partial charge in [0, 0.05) is 161 Å². The number of benzene rings is 2. The van der Waals surface area contributed by atoms with Crippen LogP contribution in [0, 0.1) is 0 Å². The molecule has 2 aliphatic heterocycles. The molecule has 6 atom stereocenters. The van der Waals surface area contributed by atoms with Crippen molar-refractivity contribution >= 4 is 87.8 Å². The number of H-pyrrole nitrogens is 1. The van der Waals surface area contributed by atoms with Crippen LogP contribution in [0.1, 0.15) is 57.1 Å². The number of para-hydroxylation sites is 1. The molecule has 5 rings (SSSR count). The van der Waals surface area contributed by atoms with Crippen molar-refractivity contribution in [2.24, 2.45) is 50.1 Å². The molecular weight excluding hydrogens is 1640 g/mol. The van der Waals surface area contributed by atoms with E-state index in [9.17, 15) is 57.8 Å². The number of carbonyl (C=O) groups excluding carboxylic acids is 11. The van der Waals surface area contributed by atoms with Gasteiger partial charge in [0.1, 0.15) is 36.0 Å². The second kappa shape index (κ2) is 63.8. The van der Waals surface area contributed by atoms with Gasteiger partial charge in [-0.3, -0.25) is 82.3 Å². The van der Waals surface area contributed by atoms with Gasteiger partial charge >= 0.3 is 0 Å². The lowest BCUT2D eigenvalue weighted by Gasteiger charge is -2.33. The summed E-state index contributed by atoms with van der Waals surface area (Å²) < 4.78 is 44.6. The molecule has 126 heavy (non-hydrogen) atoms. The highest BCUT2D eigenvalue weighted by Crippen LogP contribution is 2.22. The number of fused-ring (bicyclic) bond motifs is 1. The van der Waals surface area contributed by atoms with Crippen molar-refractivity contribution in [3.8, 4) is 5.75 Å². The number of phenols is 1. The van der Waals surface area contributed by atoms with Crippen molar-refractivity contribution in [1.82, 2.24) is 82.7 Å². The molecule has 2 aromatic carbocycles. The van der Waals surface area contributed by atoms with E-state index in [1.807, 2.05) is 50.8 Å². The first-order chi connectivity index (χ1) is 60.8. The van der Waals surface area contributed by atoms with Crippen LogP contribution in [0.3, 0.4) is 0 Å². The summed E-state index contributed by atoms with van der Waals surface area (Å²) >= 11 is 0. The number of carbonyl (C=O) groups is 11. The third-order valence-electron chi connectivity index (χ3n) is 19.8. The smallest absolute Gasteiger partial charge is 0.245 e. The van der Waals surface area contributed by atoms with E-state index in [-0.39, 0.29) is 211 Å². The lowest BCUT2D eigenvalue weighted by atomic mass is 10.0. The summed E-state index contributed by atoms with van der Waals surface area (Å²) in [5.41, 5.74) is 40.8. The van der Waals surface area contributed by atoms with Crippen molar-refractivity contribution in [2.75, 3.05) is 256 Å². The standard InChI is InChI=1S/C81H139N25O20/c1-58-49-69(101-76(115)66(10-6-19-94-81(87)88)98-70(109)53-96-75(114)65(9-5-18-93-80(85)86)99-77(116)67(50-60-11-13-62(108)14-12-60)100-78(117)68(97-59(2)107)51-61-52-95-64-8-4-3-7-63(61)64)79(118)106(58)32-40-126-48-47-125-39-23-92-74(113)57-105-30-28-103(55-72(111)90-21-37-123-45-42-120-34-16-83)26-24-102(54-71(110)89-20-36-122-44-41-119-33-15-82)25-27-104(29-31-105)56-73(112)91-22-38-124-46-43-121-35-17-84/h3-4,7-8,11-14,52,58,65-69,95,108H,5-6,9-10,15-51,53-57,82-84H2,1-2H3,(H,89,110)(H,90,111)(H,91,112)(H,92,113)(H,96,114)(H,97,107)(H,98,109)(H,99,116)(H,100,117)(H,101,115)(H4,85,86,93)(H4,87,88,94)/t58?,65-,66-,67-,68-,69-/m0/s1. The molecular formula is C81H139N25O20. The van der Waals surface area contributed by atoms with Crippen LogP contribution in [0.5, 0.6) is 5.75 Å². The molecule has 2 saturated heterocycles. The first kappa shape index (κ1) is 106. The number of hydrogen-bond acceptors (Lipinski definition) is 29. The molecule has 2 fully saturated rings. The van der Waals surface area contributed by atoms with Crippen LogP contribution in [0.25, 0.3) is 10.9 Å². The number of phenolic OH excluding ortho intramolecular Hbond substituents is 1. The molecule has 11 amide bonds. The number of aliphatic imine (C=N–C) groups is 2. The number of aromatic amines is 1. The minimum atomic E-state index is -1.37. The SMILES string of the molecule is CC(=O)N[C@@H](Cc1c[nH]c2ccccc12)C(=O)N[C@@H](Cc1ccc(O)cc1)C(=O)N[C@@H](CCCN=C(N)N)C(=O)NCC(=O)N[C@@H](CCCN=C(N)N)C(=O)N[C@H]1CC(C)N(CCOCCOCCNC(=O)CN2CCN(CC(=O)NCCOCCOCCN)CCN(CC(=O)NCCOCCOCCN)CCN(CC(=O)NCCOCCOCCN)CC2)C1=O. The number of rotatable bonds is 64. The number of ether oxygens (including phenoxy) is 8. The number of nitrogens with two attached hydrogens (primary N) is 7. The van der Waals surface area contributed by atoms with Crippen LogP contribution in [0.15, 0.2) is 64.7 Å². The van der Waals surface area contributed by atoms with Gasteiger partial charge in [-0.05, 0) is 68.4 Å². The first-order valence-corrected chi connectivity index (χ1v) is 43.0. The van der Waals surface area contributed by atoms with E-state index < -0.39 is 78.1 Å². The van der Waals surface area contributed by atoms with Gasteiger partial charge in [-0.2, -0.15) is 0 Å². The zero-order chi connectivity index (χ0) is 91.5. The summed E-state index contributed by atoms with van der Waals surface area (Å²) in [7, 11) is 0. The van der Waals surface area contributed by atoms with E-state index in [0.717, 1.165) is 10.9 Å². The molecule has 3 heterocycles. The monoisotopic (exact) mass is 1780 g/mol. The van der Waals surface area contributed by atoms with Crippen molar-refractivity contribution in [1.29, 1.82) is 0 Å². The largest absolute Gasteiger partial charge is 0.508 e. The third-order valence-corrected chi connectivity index (χ3v) is 19.8. The van der Waals surface area contributed by atoms with Gasteiger partial charge in [-0.1, -0.05) is 30.3 Å². The average Bonchev–Trinajstić information content (AvgIpc) is 1.69. The second-order valence-electron chi connectivity index (χ2n) is 30.0. The van der Waals surface area contributed by atoms with Crippen LogP contribution in [-0.2, 0) is 103 Å². The number of guanidine groups is 2. The number of aromatic hydroxyl groups is 1. The van der Waals surface area contributed by atoms with E-state index >= 15 is 0 Å². The maximum atomic E-state index is 14.5.